The summed E-state index contributed by atoms with van der Waals surface area (Å²) in [6, 6.07) is 0. The van der Waals surface area contributed by atoms with Crippen molar-refractivity contribution in [1.82, 2.24) is 0 Å². The van der Waals surface area contributed by atoms with Crippen molar-refractivity contribution in [2.45, 2.75) is 26.1 Å². The van der Waals surface area contributed by atoms with Crippen molar-refractivity contribution < 1.29 is 19.1 Å². The highest BCUT2D eigenvalue weighted by Crippen LogP contribution is 2.94. The van der Waals surface area contributed by atoms with Crippen LogP contribution in [-0.2, 0) is 19.1 Å². The summed E-state index contributed by atoms with van der Waals surface area (Å²) in [5.74, 6) is 4.78. The largest absolute Gasteiger partial charge is 0.422 e. The second kappa shape index (κ2) is 2.44. The molecule has 8 fully saturated rings. The van der Waals surface area contributed by atoms with Gasteiger partial charge in [-0.3, -0.25) is 9.59 Å². The molecule has 21 heavy (non-hydrogen) atoms. The van der Waals surface area contributed by atoms with Gasteiger partial charge < -0.3 is 9.47 Å². The highest BCUT2D eigenvalue weighted by Gasteiger charge is 2.96. The van der Waals surface area contributed by atoms with E-state index in [2.05, 4.69) is 0 Å². The van der Waals surface area contributed by atoms with E-state index < -0.39 is 11.2 Å². The number of rotatable bonds is 0. The first-order valence-electron chi connectivity index (χ1n) is 8.45. The molecule has 7 aliphatic carbocycles. The van der Waals surface area contributed by atoms with Crippen LogP contribution in [0.15, 0.2) is 0 Å². The van der Waals surface area contributed by atoms with Gasteiger partial charge in [0.15, 0.2) is 5.41 Å². The minimum atomic E-state index is -1.09. The number of esters is 2. The number of cyclic esters (lactones) is 2. The first-order valence-corrected chi connectivity index (χ1v) is 8.45. The lowest BCUT2D eigenvalue weighted by atomic mass is 9.60. The quantitative estimate of drug-likeness (QED) is 0.499. The van der Waals surface area contributed by atoms with Crippen LogP contribution in [0.5, 0.6) is 0 Å². The Labute approximate surface area is 122 Å². The van der Waals surface area contributed by atoms with Crippen molar-refractivity contribution in [2.24, 2.45) is 64.6 Å². The molecule has 8 rings (SSSR count). The van der Waals surface area contributed by atoms with Crippen LogP contribution < -0.4 is 0 Å². The molecule has 1 heterocycles. The van der Waals surface area contributed by atoms with E-state index in [9.17, 15) is 9.59 Å². The van der Waals surface area contributed by atoms with Gasteiger partial charge in [0.25, 0.3) is 5.79 Å². The molecule has 10 atom stereocenters. The summed E-state index contributed by atoms with van der Waals surface area (Å²) in [5, 5.41) is 0. The lowest BCUT2D eigenvalue weighted by Gasteiger charge is -2.44. The predicted octanol–water partition coefficient (Wildman–Crippen LogP) is 1.44. The van der Waals surface area contributed by atoms with E-state index in [-0.39, 0.29) is 23.8 Å². The molecule has 0 radical (unpaired) electrons. The van der Waals surface area contributed by atoms with Crippen molar-refractivity contribution in [3.63, 3.8) is 0 Å². The summed E-state index contributed by atoms with van der Waals surface area (Å²) < 4.78 is 11.2. The van der Waals surface area contributed by atoms with Crippen LogP contribution in [0.1, 0.15) is 20.3 Å². The van der Waals surface area contributed by atoms with E-state index in [4.69, 9.17) is 9.47 Å². The number of ether oxygens (including phenoxy) is 2. The number of carbonyl (C=O) groups is 2. The first kappa shape index (κ1) is 10.6. The molecule has 0 N–H and O–H groups in total. The predicted molar refractivity (Wildman–Crippen MR) is 68.2 cm³/mol. The maximum Gasteiger partial charge on any atom is 0.327 e. The Hall–Kier alpha value is -1.06. The van der Waals surface area contributed by atoms with Crippen molar-refractivity contribution in [1.29, 1.82) is 0 Å². The summed E-state index contributed by atoms with van der Waals surface area (Å²) in [7, 11) is 0. The van der Waals surface area contributed by atoms with E-state index in [1.165, 1.54) is 6.42 Å². The van der Waals surface area contributed by atoms with Crippen molar-refractivity contribution >= 4 is 11.9 Å². The average Bonchev–Trinajstić information content (AvgIpc) is 2.95. The molecule has 110 valence electrons. The van der Waals surface area contributed by atoms with Crippen LogP contribution in [0, 0.1) is 64.6 Å². The Bertz CT molecular complexity index is 608. The van der Waals surface area contributed by atoms with E-state index in [0.717, 1.165) is 23.7 Å². The van der Waals surface area contributed by atoms with Gasteiger partial charge in [-0.15, -0.1) is 0 Å². The van der Waals surface area contributed by atoms with Crippen LogP contribution in [0.3, 0.4) is 0 Å². The molecule has 4 bridgehead atoms. The number of carbonyl (C=O) groups excluding carboxylic acids is 2. The van der Waals surface area contributed by atoms with Gasteiger partial charge in [-0.05, 0) is 65.6 Å². The fourth-order valence-corrected chi connectivity index (χ4v) is 9.23. The van der Waals surface area contributed by atoms with Gasteiger partial charge in [-0.25, -0.2) is 0 Å². The smallest absolute Gasteiger partial charge is 0.327 e. The molecule has 1 saturated heterocycles. The summed E-state index contributed by atoms with van der Waals surface area (Å²) in [6.07, 6.45) is 1.39. The molecule has 1 spiro atoms. The normalized spacial score (nSPS) is 67.1. The fraction of sp³-hybridized carbons (Fsp3) is 0.882. The molecule has 0 aromatic rings. The van der Waals surface area contributed by atoms with Gasteiger partial charge in [0, 0.05) is 13.8 Å². The zero-order valence-corrected chi connectivity index (χ0v) is 12.1. The SMILES string of the molecule is CC1(C)OC(=O)C2(C(=O)O1)[C@@H]1[C@H]3[C@@H]4[C@H]5C[C@H]6[C@@H]4[C@H]3[C@H]2[C@H]6[C@@H]51. The van der Waals surface area contributed by atoms with E-state index in [1.54, 1.807) is 13.8 Å². The Morgan fingerprint density at radius 1 is 0.810 bits per heavy atom. The number of hydrogen-bond donors (Lipinski definition) is 0. The third-order valence-electron chi connectivity index (χ3n) is 8.81. The Morgan fingerprint density at radius 2 is 1.29 bits per heavy atom. The molecule has 1 aliphatic heterocycles. The standard InChI is InChI=1S/C17H18O4/c1-16(2)20-14(18)17(15(19)21-16)12-8-4-3-5-7-6(4)10(12)11(7)13(17)9(5)8/h4-13H,3H2,1-2H3/t4-,5+,6-,7+,8-,9-,10+,11-,12+,13-/m1/s1. The molecule has 8 aliphatic rings. The summed E-state index contributed by atoms with van der Waals surface area (Å²) in [4.78, 5) is 25.9. The number of hydrogen-bond acceptors (Lipinski definition) is 4. The Balaban J connectivity index is 1.48. The third-order valence-corrected chi connectivity index (χ3v) is 8.81. The van der Waals surface area contributed by atoms with Gasteiger partial charge >= 0.3 is 11.9 Å². The molecule has 0 aromatic heterocycles. The topological polar surface area (TPSA) is 52.6 Å². The lowest BCUT2D eigenvalue weighted by molar-refractivity contribution is -0.255. The minimum absolute atomic E-state index is 0.249. The molecule has 0 aromatic carbocycles. The minimum Gasteiger partial charge on any atom is -0.422 e. The zero-order chi connectivity index (χ0) is 14.0. The maximum absolute atomic E-state index is 13.0. The van der Waals surface area contributed by atoms with E-state index >= 15 is 0 Å². The lowest BCUT2D eigenvalue weighted by Crippen LogP contribution is -2.57. The average molecular weight is 286 g/mol. The van der Waals surface area contributed by atoms with E-state index in [0.29, 0.717) is 23.7 Å². The van der Waals surface area contributed by atoms with Crippen molar-refractivity contribution in [2.75, 3.05) is 0 Å². The fourth-order valence-electron chi connectivity index (χ4n) is 9.23. The second-order valence-corrected chi connectivity index (χ2v) is 9.13. The van der Waals surface area contributed by atoms with Gasteiger partial charge in [0.2, 0.25) is 0 Å². The Kier molecular flexibility index (Phi) is 1.24. The second-order valence-electron chi connectivity index (χ2n) is 9.13. The molecule has 7 saturated carbocycles. The van der Waals surface area contributed by atoms with Crippen molar-refractivity contribution in [3.8, 4) is 0 Å². The van der Waals surface area contributed by atoms with E-state index in [1.807, 2.05) is 0 Å². The van der Waals surface area contributed by atoms with Crippen molar-refractivity contribution in [3.05, 3.63) is 0 Å². The van der Waals surface area contributed by atoms with Gasteiger partial charge in [-0.1, -0.05) is 0 Å². The molecular formula is C17H18O4. The first-order chi connectivity index (χ1) is 9.98. The molecule has 4 heteroatoms. The summed E-state index contributed by atoms with van der Waals surface area (Å²) in [5.41, 5.74) is -0.906. The van der Waals surface area contributed by atoms with Crippen LogP contribution in [0.4, 0.5) is 0 Å². The van der Waals surface area contributed by atoms with Crippen LogP contribution in [0.2, 0.25) is 0 Å². The third kappa shape index (κ3) is 0.687. The highest BCUT2D eigenvalue weighted by molar-refractivity contribution is 6.04. The van der Waals surface area contributed by atoms with Gasteiger partial charge in [-0.2, -0.15) is 0 Å². The molecular weight excluding hydrogens is 268 g/mol. The van der Waals surface area contributed by atoms with Crippen LogP contribution >= 0.6 is 0 Å². The maximum atomic E-state index is 13.0. The molecule has 4 nitrogen and oxygen atoms in total. The monoisotopic (exact) mass is 286 g/mol. The van der Waals surface area contributed by atoms with Crippen LogP contribution in [-0.4, -0.2) is 17.7 Å². The zero-order valence-electron chi connectivity index (χ0n) is 12.1. The van der Waals surface area contributed by atoms with Gasteiger partial charge in [0.1, 0.15) is 0 Å². The van der Waals surface area contributed by atoms with Gasteiger partial charge in [0.05, 0.1) is 0 Å². The van der Waals surface area contributed by atoms with Crippen LogP contribution in [0.25, 0.3) is 0 Å². The molecule has 0 unspecified atom stereocenters. The summed E-state index contributed by atoms with van der Waals surface area (Å²) in [6.45, 7) is 3.33. The highest BCUT2D eigenvalue weighted by atomic mass is 16.7. The molecule has 0 amide bonds. The Morgan fingerprint density at radius 3 is 1.76 bits per heavy atom. The summed E-state index contributed by atoms with van der Waals surface area (Å²) >= 11 is 0.